The average molecular weight is 442 g/mol. The van der Waals surface area contributed by atoms with Gasteiger partial charge in [-0.25, -0.2) is 0 Å². The molecule has 1 heterocycles. The number of aliphatic hydroxyl groups is 1. The lowest BCUT2D eigenvalue weighted by molar-refractivity contribution is -0.132. The fourth-order valence-corrected chi connectivity index (χ4v) is 4.56. The Morgan fingerprint density at radius 3 is 2.24 bits per heavy atom. The summed E-state index contributed by atoms with van der Waals surface area (Å²) in [4.78, 5) is 28.3. The number of ketones is 1. The zero-order valence-electron chi connectivity index (χ0n) is 19.5. The monoisotopic (exact) mass is 441 g/mol. The molecule has 1 unspecified atom stereocenters. The molecule has 4 rings (SSSR count). The Morgan fingerprint density at radius 2 is 1.58 bits per heavy atom. The van der Waals surface area contributed by atoms with Gasteiger partial charge in [-0.3, -0.25) is 14.5 Å². The number of carbonyl (C=O) groups is 2. The summed E-state index contributed by atoms with van der Waals surface area (Å²) < 4.78 is 5.56. The van der Waals surface area contributed by atoms with E-state index < -0.39 is 17.7 Å². The van der Waals surface area contributed by atoms with Gasteiger partial charge in [0.25, 0.3) is 11.7 Å². The van der Waals surface area contributed by atoms with Crippen molar-refractivity contribution in [3.05, 3.63) is 99.6 Å². The quantitative estimate of drug-likeness (QED) is 0.327. The number of benzene rings is 3. The van der Waals surface area contributed by atoms with Gasteiger partial charge in [0.15, 0.2) is 0 Å². The van der Waals surface area contributed by atoms with E-state index in [2.05, 4.69) is 0 Å². The summed E-state index contributed by atoms with van der Waals surface area (Å²) in [7, 11) is 1.53. The maximum Gasteiger partial charge on any atom is 0.300 e. The highest BCUT2D eigenvalue weighted by Crippen LogP contribution is 2.44. The van der Waals surface area contributed by atoms with Crippen LogP contribution in [0, 0.1) is 27.7 Å². The number of aryl methyl sites for hydroxylation is 4. The van der Waals surface area contributed by atoms with Gasteiger partial charge in [-0.15, -0.1) is 0 Å². The van der Waals surface area contributed by atoms with Crippen molar-refractivity contribution in [3.8, 4) is 5.75 Å². The number of hydrogen-bond donors (Lipinski definition) is 1. The fraction of sp³-hybridized carbons (Fsp3) is 0.214. The zero-order valence-corrected chi connectivity index (χ0v) is 19.5. The van der Waals surface area contributed by atoms with Crippen molar-refractivity contribution < 1.29 is 19.4 Å². The van der Waals surface area contributed by atoms with Gasteiger partial charge >= 0.3 is 0 Å². The standard InChI is InChI=1S/C28H27NO4/c1-16-11-12-18(3)22(15-16)29-24(20-9-7-6-8-10-20)23(26(31)28(29)32)25(30)21-14-17(2)13-19(4)27(21)33-5/h6-15,24,30H,1-5H3/b25-23+. The minimum atomic E-state index is -0.766. The third kappa shape index (κ3) is 3.80. The maximum atomic E-state index is 13.4. The molecule has 1 saturated heterocycles. The third-order valence-electron chi connectivity index (χ3n) is 6.06. The van der Waals surface area contributed by atoms with Crippen LogP contribution in [0.1, 0.15) is 39.4 Å². The van der Waals surface area contributed by atoms with Crippen LogP contribution in [0.2, 0.25) is 0 Å². The number of methoxy groups -OCH3 is 1. The van der Waals surface area contributed by atoms with Crippen LogP contribution in [0.5, 0.6) is 5.75 Å². The van der Waals surface area contributed by atoms with E-state index in [1.165, 1.54) is 12.0 Å². The molecule has 0 spiro atoms. The Kier molecular flexibility index (Phi) is 5.81. The number of rotatable bonds is 4. The van der Waals surface area contributed by atoms with E-state index in [9.17, 15) is 14.7 Å². The number of carbonyl (C=O) groups excluding carboxylic acids is 2. The predicted molar refractivity (Wildman–Crippen MR) is 130 cm³/mol. The largest absolute Gasteiger partial charge is 0.507 e. The van der Waals surface area contributed by atoms with Crippen molar-refractivity contribution in [3.63, 3.8) is 0 Å². The van der Waals surface area contributed by atoms with E-state index in [1.54, 1.807) is 6.07 Å². The first-order valence-electron chi connectivity index (χ1n) is 10.8. The highest BCUT2D eigenvalue weighted by molar-refractivity contribution is 6.51. The van der Waals surface area contributed by atoms with E-state index in [0.29, 0.717) is 17.0 Å². The molecule has 0 saturated carbocycles. The molecule has 1 atom stereocenters. The van der Waals surface area contributed by atoms with Crippen LogP contribution in [-0.2, 0) is 9.59 Å². The van der Waals surface area contributed by atoms with Crippen molar-refractivity contribution in [1.29, 1.82) is 0 Å². The van der Waals surface area contributed by atoms with Gasteiger partial charge in [0, 0.05) is 5.69 Å². The summed E-state index contributed by atoms with van der Waals surface area (Å²) in [6.07, 6.45) is 0. The number of anilines is 1. The van der Waals surface area contributed by atoms with Crippen LogP contribution in [0.15, 0.2) is 66.2 Å². The second-order valence-corrected chi connectivity index (χ2v) is 8.53. The molecule has 1 fully saturated rings. The number of amides is 1. The van der Waals surface area contributed by atoms with Crippen molar-refractivity contribution in [2.75, 3.05) is 12.0 Å². The number of hydrogen-bond acceptors (Lipinski definition) is 4. The zero-order chi connectivity index (χ0) is 23.9. The highest BCUT2D eigenvalue weighted by Gasteiger charge is 2.47. The molecule has 0 aromatic heterocycles. The summed E-state index contributed by atoms with van der Waals surface area (Å²) in [5, 5.41) is 11.5. The molecule has 3 aromatic rings. The number of ether oxygens (including phenoxy) is 1. The van der Waals surface area contributed by atoms with Crippen LogP contribution in [-0.4, -0.2) is 23.9 Å². The number of nitrogens with zero attached hydrogens (tertiary/aromatic N) is 1. The van der Waals surface area contributed by atoms with E-state index in [4.69, 9.17) is 4.74 Å². The topological polar surface area (TPSA) is 66.8 Å². The minimum Gasteiger partial charge on any atom is -0.507 e. The molecular formula is C28H27NO4. The molecule has 0 radical (unpaired) electrons. The Labute approximate surface area is 193 Å². The molecule has 3 aromatic carbocycles. The molecule has 1 amide bonds. The van der Waals surface area contributed by atoms with Crippen LogP contribution >= 0.6 is 0 Å². The van der Waals surface area contributed by atoms with Crippen LogP contribution in [0.3, 0.4) is 0 Å². The summed E-state index contributed by atoms with van der Waals surface area (Å²) in [6.45, 7) is 7.64. The first kappa shape index (κ1) is 22.3. The van der Waals surface area contributed by atoms with E-state index in [0.717, 1.165) is 27.8 Å². The molecule has 0 aliphatic carbocycles. The summed E-state index contributed by atoms with van der Waals surface area (Å²) in [5.41, 5.74) is 5.42. The molecule has 33 heavy (non-hydrogen) atoms. The van der Waals surface area contributed by atoms with Gasteiger partial charge in [0.2, 0.25) is 0 Å². The average Bonchev–Trinajstić information content (AvgIpc) is 3.05. The lowest BCUT2D eigenvalue weighted by atomic mass is 9.93. The van der Waals surface area contributed by atoms with Crippen molar-refractivity contribution in [1.82, 2.24) is 0 Å². The lowest BCUT2D eigenvalue weighted by Gasteiger charge is -2.27. The normalized spacial score (nSPS) is 17.5. The SMILES string of the molecule is COc1c(C)cc(C)cc1/C(O)=C1\C(=O)C(=O)N(c2cc(C)ccc2C)C1c1ccccc1. The van der Waals surface area contributed by atoms with Gasteiger partial charge in [0.05, 0.1) is 24.3 Å². The van der Waals surface area contributed by atoms with E-state index >= 15 is 0 Å². The highest BCUT2D eigenvalue weighted by atomic mass is 16.5. The van der Waals surface area contributed by atoms with Crippen molar-refractivity contribution >= 4 is 23.1 Å². The van der Waals surface area contributed by atoms with Gasteiger partial charge in [-0.1, -0.05) is 48.5 Å². The molecule has 1 aliphatic rings. The minimum absolute atomic E-state index is 0.0513. The predicted octanol–water partition coefficient (Wildman–Crippen LogP) is 5.56. The van der Waals surface area contributed by atoms with Crippen LogP contribution in [0.4, 0.5) is 5.69 Å². The molecular weight excluding hydrogens is 414 g/mol. The Hall–Kier alpha value is -3.86. The second kappa shape index (κ2) is 8.58. The molecule has 1 aliphatic heterocycles. The first-order chi connectivity index (χ1) is 15.7. The lowest BCUT2D eigenvalue weighted by Crippen LogP contribution is -2.30. The fourth-order valence-electron chi connectivity index (χ4n) is 4.56. The molecule has 0 bridgehead atoms. The van der Waals surface area contributed by atoms with Crippen LogP contribution < -0.4 is 9.64 Å². The van der Waals surface area contributed by atoms with Gasteiger partial charge in [0.1, 0.15) is 11.5 Å². The number of aliphatic hydroxyl groups excluding tert-OH is 1. The smallest absolute Gasteiger partial charge is 0.300 e. The van der Waals surface area contributed by atoms with Gasteiger partial charge < -0.3 is 9.84 Å². The summed E-state index contributed by atoms with van der Waals surface area (Å²) >= 11 is 0. The third-order valence-corrected chi connectivity index (χ3v) is 6.06. The Bertz CT molecular complexity index is 1290. The molecule has 5 nitrogen and oxygen atoms in total. The van der Waals surface area contributed by atoms with E-state index in [-0.39, 0.29) is 11.3 Å². The Morgan fingerprint density at radius 1 is 0.879 bits per heavy atom. The first-order valence-corrected chi connectivity index (χ1v) is 10.8. The molecule has 5 heteroatoms. The summed E-state index contributed by atoms with van der Waals surface area (Å²) in [6, 6.07) is 18.1. The van der Waals surface area contributed by atoms with Gasteiger partial charge in [-0.2, -0.15) is 0 Å². The molecule has 1 N–H and O–H groups in total. The van der Waals surface area contributed by atoms with Crippen LogP contribution in [0.25, 0.3) is 5.76 Å². The van der Waals surface area contributed by atoms with Gasteiger partial charge in [-0.05, 0) is 67.6 Å². The second-order valence-electron chi connectivity index (χ2n) is 8.53. The summed E-state index contributed by atoms with van der Waals surface area (Å²) in [5.74, 6) is -1.15. The van der Waals surface area contributed by atoms with Crippen molar-refractivity contribution in [2.45, 2.75) is 33.7 Å². The van der Waals surface area contributed by atoms with Crippen molar-refractivity contribution in [2.24, 2.45) is 0 Å². The molecule has 168 valence electrons. The maximum absolute atomic E-state index is 13.4. The van der Waals surface area contributed by atoms with E-state index in [1.807, 2.05) is 82.3 Å². The Balaban J connectivity index is 2.03. The number of Topliss-reactive ketones (excluding diaryl/α,β-unsaturated/α-hetero) is 1.